The van der Waals surface area contributed by atoms with Crippen LogP contribution in [0.5, 0.6) is 0 Å². The fourth-order valence-electron chi connectivity index (χ4n) is 2.82. The van der Waals surface area contributed by atoms with E-state index in [9.17, 15) is 8.42 Å². The van der Waals surface area contributed by atoms with Gasteiger partial charge < -0.3 is 5.73 Å². The number of hydrogen-bond acceptors (Lipinski definition) is 3. The van der Waals surface area contributed by atoms with Gasteiger partial charge in [-0.05, 0) is 43.4 Å². The fraction of sp³-hybridized carbons (Fsp3) is 0.571. The molecule has 2 atom stereocenters. The van der Waals surface area contributed by atoms with Gasteiger partial charge in [0.05, 0.1) is 5.02 Å². The van der Waals surface area contributed by atoms with Crippen molar-refractivity contribution < 1.29 is 8.42 Å². The first-order valence-corrected chi connectivity index (χ1v) is 9.16. The van der Waals surface area contributed by atoms with E-state index in [-0.39, 0.29) is 22.5 Å². The molecule has 2 N–H and O–H groups in total. The van der Waals surface area contributed by atoms with E-state index in [4.69, 9.17) is 28.9 Å². The molecule has 1 aliphatic rings. The second-order valence-corrected chi connectivity index (χ2v) is 8.35. The maximum Gasteiger partial charge on any atom is 0.244 e. The van der Waals surface area contributed by atoms with Gasteiger partial charge in [0.1, 0.15) is 4.90 Å². The molecule has 2 unspecified atom stereocenters. The average Bonchev–Trinajstić information content (AvgIpc) is 2.40. The first kappa shape index (κ1) is 17.0. The van der Waals surface area contributed by atoms with Crippen LogP contribution in [0.1, 0.15) is 32.3 Å². The van der Waals surface area contributed by atoms with Crippen LogP contribution in [0.25, 0.3) is 0 Å². The number of halogens is 2. The lowest BCUT2D eigenvalue weighted by molar-refractivity contribution is 0.220. The summed E-state index contributed by atoms with van der Waals surface area (Å²) in [6.45, 7) is 4.72. The number of hydrogen-bond donors (Lipinski definition) is 1. The van der Waals surface area contributed by atoms with Crippen LogP contribution in [-0.4, -0.2) is 25.3 Å². The summed E-state index contributed by atoms with van der Waals surface area (Å²) in [4.78, 5) is 0.0542. The van der Waals surface area contributed by atoms with Crippen molar-refractivity contribution in [3.05, 3.63) is 27.7 Å². The minimum absolute atomic E-state index is 0.0462. The highest BCUT2D eigenvalue weighted by molar-refractivity contribution is 7.89. The van der Waals surface area contributed by atoms with E-state index in [0.29, 0.717) is 23.0 Å². The molecule has 0 aliphatic carbocycles. The first-order chi connectivity index (χ1) is 9.77. The van der Waals surface area contributed by atoms with E-state index < -0.39 is 10.0 Å². The molecule has 0 radical (unpaired) electrons. The Hall–Kier alpha value is -0.330. The summed E-state index contributed by atoms with van der Waals surface area (Å²) in [6.07, 6.45) is 1.70. The van der Waals surface area contributed by atoms with Crippen LogP contribution in [0, 0.1) is 5.92 Å². The molecular formula is C14H20Cl2N2O2S. The number of piperidine rings is 1. The zero-order valence-electron chi connectivity index (χ0n) is 12.1. The van der Waals surface area contributed by atoms with Gasteiger partial charge in [0, 0.05) is 24.2 Å². The average molecular weight is 351 g/mol. The maximum absolute atomic E-state index is 12.9. The summed E-state index contributed by atoms with van der Waals surface area (Å²) < 4.78 is 27.3. The molecule has 118 valence electrons. The Balaban J connectivity index is 2.47. The summed E-state index contributed by atoms with van der Waals surface area (Å²) in [5, 5.41) is 0.504. The molecule has 0 bridgehead atoms. The number of sulfonamides is 1. The summed E-state index contributed by atoms with van der Waals surface area (Å²) >= 11 is 12.2. The zero-order chi connectivity index (χ0) is 15.8. The number of rotatable bonds is 3. The van der Waals surface area contributed by atoms with Crippen molar-refractivity contribution >= 4 is 33.2 Å². The van der Waals surface area contributed by atoms with Gasteiger partial charge in [-0.2, -0.15) is 4.31 Å². The predicted octanol–water partition coefficient (Wildman–Crippen LogP) is 3.26. The molecule has 0 amide bonds. The molecule has 1 aromatic rings. The van der Waals surface area contributed by atoms with Crippen molar-refractivity contribution in [2.45, 2.75) is 44.2 Å². The topological polar surface area (TPSA) is 63.4 Å². The van der Waals surface area contributed by atoms with Crippen molar-refractivity contribution in [3.63, 3.8) is 0 Å². The molecule has 7 heteroatoms. The van der Waals surface area contributed by atoms with Crippen LogP contribution in [0.15, 0.2) is 17.0 Å². The van der Waals surface area contributed by atoms with Gasteiger partial charge in [0.25, 0.3) is 0 Å². The van der Waals surface area contributed by atoms with Crippen molar-refractivity contribution in [2.24, 2.45) is 11.7 Å². The largest absolute Gasteiger partial charge is 0.326 e. The lowest BCUT2D eigenvalue weighted by atomic mass is 9.95. The quantitative estimate of drug-likeness (QED) is 0.909. The highest BCUT2D eigenvalue weighted by Crippen LogP contribution is 2.34. The van der Waals surface area contributed by atoms with Gasteiger partial charge in [-0.15, -0.1) is 0 Å². The van der Waals surface area contributed by atoms with Crippen LogP contribution in [-0.2, 0) is 16.6 Å². The third-order valence-corrected chi connectivity index (χ3v) is 6.78. The SMILES string of the molecule is CC1CCN(S(=O)(=O)c2cc(Cl)cc(CN)c2Cl)C(C)C1. The van der Waals surface area contributed by atoms with Crippen LogP contribution in [0.3, 0.4) is 0 Å². The lowest BCUT2D eigenvalue weighted by Gasteiger charge is -2.35. The fourth-order valence-corrected chi connectivity index (χ4v) is 5.40. The van der Waals surface area contributed by atoms with Crippen molar-refractivity contribution in [1.29, 1.82) is 0 Å². The Labute approximate surface area is 136 Å². The molecule has 1 aromatic carbocycles. The van der Waals surface area contributed by atoms with E-state index >= 15 is 0 Å². The molecule has 0 aromatic heterocycles. The van der Waals surface area contributed by atoms with E-state index in [0.717, 1.165) is 12.8 Å². The normalized spacial score (nSPS) is 24.2. The van der Waals surface area contributed by atoms with Crippen molar-refractivity contribution in [3.8, 4) is 0 Å². The smallest absolute Gasteiger partial charge is 0.244 e. The Kier molecular flexibility index (Phi) is 5.21. The molecule has 1 heterocycles. The highest BCUT2D eigenvalue weighted by Gasteiger charge is 2.35. The minimum Gasteiger partial charge on any atom is -0.326 e. The second-order valence-electron chi connectivity index (χ2n) is 5.68. The van der Waals surface area contributed by atoms with Crippen LogP contribution in [0.4, 0.5) is 0 Å². The van der Waals surface area contributed by atoms with Crippen LogP contribution < -0.4 is 5.73 Å². The maximum atomic E-state index is 12.9. The summed E-state index contributed by atoms with van der Waals surface area (Å²) in [7, 11) is -3.66. The van der Waals surface area contributed by atoms with Gasteiger partial charge in [0.15, 0.2) is 0 Å². The second kappa shape index (κ2) is 6.42. The monoisotopic (exact) mass is 350 g/mol. The molecule has 1 aliphatic heterocycles. The Morgan fingerprint density at radius 1 is 1.33 bits per heavy atom. The molecular weight excluding hydrogens is 331 g/mol. The van der Waals surface area contributed by atoms with E-state index in [1.54, 1.807) is 6.07 Å². The third-order valence-electron chi connectivity index (χ3n) is 3.96. The summed E-state index contributed by atoms with van der Waals surface area (Å²) in [5.41, 5.74) is 6.15. The highest BCUT2D eigenvalue weighted by atomic mass is 35.5. The third kappa shape index (κ3) is 3.37. The van der Waals surface area contributed by atoms with Gasteiger partial charge in [-0.1, -0.05) is 30.1 Å². The molecule has 2 rings (SSSR count). The standard InChI is InChI=1S/C14H20Cl2N2O2S/c1-9-3-4-18(10(2)5-9)21(19,20)13-7-12(15)6-11(8-17)14(13)16/h6-7,9-10H,3-5,8,17H2,1-2H3. The minimum atomic E-state index is -3.66. The van der Waals surface area contributed by atoms with Gasteiger partial charge >= 0.3 is 0 Å². The number of nitrogens with zero attached hydrogens (tertiary/aromatic N) is 1. The van der Waals surface area contributed by atoms with E-state index in [2.05, 4.69) is 6.92 Å². The Bertz CT molecular complexity index is 634. The van der Waals surface area contributed by atoms with Gasteiger partial charge in [-0.3, -0.25) is 0 Å². The van der Waals surface area contributed by atoms with E-state index in [1.165, 1.54) is 10.4 Å². The van der Waals surface area contributed by atoms with E-state index in [1.807, 2.05) is 6.92 Å². The zero-order valence-corrected chi connectivity index (χ0v) is 14.5. The molecule has 4 nitrogen and oxygen atoms in total. The first-order valence-electron chi connectivity index (χ1n) is 6.97. The number of benzene rings is 1. The summed E-state index contributed by atoms with van der Waals surface area (Å²) in [5.74, 6) is 0.529. The van der Waals surface area contributed by atoms with Crippen LogP contribution in [0.2, 0.25) is 10.0 Å². The number of nitrogens with two attached hydrogens (primary N) is 1. The Morgan fingerprint density at radius 2 is 2.00 bits per heavy atom. The summed E-state index contributed by atoms with van der Waals surface area (Å²) in [6, 6.07) is 2.96. The van der Waals surface area contributed by atoms with Crippen molar-refractivity contribution in [2.75, 3.05) is 6.54 Å². The van der Waals surface area contributed by atoms with Crippen LogP contribution >= 0.6 is 23.2 Å². The predicted molar refractivity (Wildman–Crippen MR) is 86.1 cm³/mol. The Morgan fingerprint density at radius 3 is 2.57 bits per heavy atom. The molecule has 0 saturated carbocycles. The molecule has 21 heavy (non-hydrogen) atoms. The molecule has 0 spiro atoms. The molecule has 1 saturated heterocycles. The van der Waals surface area contributed by atoms with Crippen molar-refractivity contribution in [1.82, 2.24) is 4.31 Å². The van der Waals surface area contributed by atoms with Gasteiger partial charge in [-0.25, -0.2) is 8.42 Å². The lowest BCUT2D eigenvalue weighted by Crippen LogP contribution is -2.44. The molecule has 1 fully saturated rings. The van der Waals surface area contributed by atoms with Gasteiger partial charge in [0.2, 0.25) is 10.0 Å².